The summed E-state index contributed by atoms with van der Waals surface area (Å²) in [5.41, 5.74) is 0.335. The molecule has 1 aliphatic rings. The molecule has 2 aromatic carbocycles. The van der Waals surface area contributed by atoms with E-state index in [9.17, 15) is 23.1 Å². The number of benzene rings is 2. The molecule has 0 atom stereocenters. The summed E-state index contributed by atoms with van der Waals surface area (Å²) in [4.78, 5) is 14.3. The molecule has 1 saturated heterocycles. The number of alkyl halides is 3. The first kappa shape index (κ1) is 18.1. The molecular weight excluding hydrogens is 345 g/mol. The average Bonchev–Trinajstić information content (AvgIpc) is 3.10. The number of phenolic OH excluding ortho intramolecular Hbond substituents is 1. The van der Waals surface area contributed by atoms with Crippen LogP contribution in [-0.4, -0.2) is 24.1 Å². The van der Waals surface area contributed by atoms with E-state index in [2.05, 4.69) is 5.32 Å². The first-order valence-corrected chi connectivity index (χ1v) is 8.37. The second-order valence-corrected chi connectivity index (χ2v) is 6.28. The highest BCUT2D eigenvalue weighted by atomic mass is 19.4. The van der Waals surface area contributed by atoms with Crippen LogP contribution in [0.25, 0.3) is 0 Å². The third-order valence-electron chi connectivity index (χ3n) is 4.39. The fourth-order valence-corrected chi connectivity index (χ4v) is 3.07. The lowest BCUT2D eigenvalue weighted by molar-refractivity contribution is -0.137. The highest BCUT2D eigenvalue weighted by molar-refractivity contribution is 5.96. The molecule has 0 radical (unpaired) electrons. The largest absolute Gasteiger partial charge is 0.508 e. The molecular formula is C19H19F3N2O2. The van der Waals surface area contributed by atoms with Crippen LogP contribution in [0.3, 0.4) is 0 Å². The van der Waals surface area contributed by atoms with Gasteiger partial charge in [-0.3, -0.25) is 4.79 Å². The Morgan fingerprint density at radius 1 is 1.12 bits per heavy atom. The van der Waals surface area contributed by atoms with E-state index in [4.69, 9.17) is 0 Å². The van der Waals surface area contributed by atoms with Crippen LogP contribution in [0.2, 0.25) is 0 Å². The fraction of sp³-hybridized carbons (Fsp3) is 0.316. The average molecular weight is 364 g/mol. The van der Waals surface area contributed by atoms with Crippen LogP contribution in [0, 0.1) is 0 Å². The van der Waals surface area contributed by atoms with Crippen molar-refractivity contribution < 1.29 is 23.1 Å². The number of hydrogen-bond donors (Lipinski definition) is 2. The Morgan fingerprint density at radius 3 is 2.46 bits per heavy atom. The van der Waals surface area contributed by atoms with Gasteiger partial charge in [0.25, 0.3) is 0 Å². The zero-order chi connectivity index (χ0) is 18.7. The van der Waals surface area contributed by atoms with Crippen LogP contribution in [0.5, 0.6) is 5.75 Å². The summed E-state index contributed by atoms with van der Waals surface area (Å²) in [6, 6.07) is 9.79. The fourth-order valence-electron chi connectivity index (χ4n) is 3.07. The number of carbonyl (C=O) groups is 1. The molecule has 4 nitrogen and oxygen atoms in total. The van der Waals surface area contributed by atoms with E-state index >= 15 is 0 Å². The number of rotatable bonds is 4. The van der Waals surface area contributed by atoms with E-state index in [0.717, 1.165) is 38.1 Å². The highest BCUT2D eigenvalue weighted by Crippen LogP contribution is 2.36. The summed E-state index contributed by atoms with van der Waals surface area (Å²) in [6.45, 7) is 1.49. The zero-order valence-corrected chi connectivity index (χ0v) is 14.0. The monoisotopic (exact) mass is 364 g/mol. The standard InChI is InChI=1S/C19H19F3N2O2/c20-19(21,22)14-7-8-16(24-9-3-4-10-24)15(12-14)23-18(26)11-13-5-1-2-6-17(13)25/h1-2,5-8,12,25H,3-4,9-11H2,(H,23,26). The number of halogens is 3. The Kier molecular flexibility index (Phi) is 5.06. The van der Waals surface area contributed by atoms with Gasteiger partial charge in [-0.2, -0.15) is 13.2 Å². The number of amides is 1. The molecule has 0 saturated carbocycles. The van der Waals surface area contributed by atoms with E-state index in [-0.39, 0.29) is 17.9 Å². The number of hydrogen-bond acceptors (Lipinski definition) is 3. The smallest absolute Gasteiger partial charge is 0.416 e. The number of nitrogens with one attached hydrogen (secondary N) is 1. The molecule has 0 spiro atoms. The third kappa shape index (κ3) is 4.09. The van der Waals surface area contributed by atoms with Gasteiger partial charge in [0, 0.05) is 18.7 Å². The summed E-state index contributed by atoms with van der Waals surface area (Å²) in [5.74, 6) is -0.502. The number of carbonyl (C=O) groups excluding carboxylic acids is 1. The van der Waals surface area contributed by atoms with Crippen molar-refractivity contribution in [2.75, 3.05) is 23.3 Å². The Hall–Kier alpha value is -2.70. The van der Waals surface area contributed by atoms with E-state index in [0.29, 0.717) is 11.3 Å². The van der Waals surface area contributed by atoms with Crippen molar-refractivity contribution in [3.8, 4) is 5.75 Å². The van der Waals surface area contributed by atoms with Crippen LogP contribution in [0.1, 0.15) is 24.0 Å². The predicted octanol–water partition coefficient (Wildman–Crippen LogP) is 4.19. The number of para-hydroxylation sites is 1. The first-order valence-electron chi connectivity index (χ1n) is 8.37. The molecule has 1 aliphatic heterocycles. The van der Waals surface area contributed by atoms with Crippen molar-refractivity contribution in [2.24, 2.45) is 0 Å². The molecule has 2 aromatic rings. The first-order chi connectivity index (χ1) is 12.3. The number of phenols is 1. The van der Waals surface area contributed by atoms with Crippen LogP contribution in [0.4, 0.5) is 24.5 Å². The molecule has 26 heavy (non-hydrogen) atoms. The van der Waals surface area contributed by atoms with E-state index in [1.807, 2.05) is 4.90 Å². The van der Waals surface area contributed by atoms with Crippen molar-refractivity contribution in [3.63, 3.8) is 0 Å². The molecule has 0 bridgehead atoms. The van der Waals surface area contributed by atoms with E-state index in [1.54, 1.807) is 18.2 Å². The van der Waals surface area contributed by atoms with Gasteiger partial charge < -0.3 is 15.3 Å². The quantitative estimate of drug-likeness (QED) is 0.855. The summed E-state index contributed by atoms with van der Waals surface area (Å²) >= 11 is 0. The lowest BCUT2D eigenvalue weighted by Crippen LogP contribution is -2.22. The maximum atomic E-state index is 13.1. The molecule has 1 amide bonds. The normalized spacial score (nSPS) is 14.5. The van der Waals surface area contributed by atoms with E-state index in [1.165, 1.54) is 12.1 Å². The van der Waals surface area contributed by atoms with Crippen molar-refractivity contribution in [1.29, 1.82) is 0 Å². The minimum Gasteiger partial charge on any atom is -0.508 e. The number of aromatic hydroxyl groups is 1. The van der Waals surface area contributed by atoms with Gasteiger partial charge in [0.2, 0.25) is 5.91 Å². The topological polar surface area (TPSA) is 52.6 Å². The maximum absolute atomic E-state index is 13.1. The molecule has 7 heteroatoms. The van der Waals surface area contributed by atoms with Crippen molar-refractivity contribution in [3.05, 3.63) is 53.6 Å². The van der Waals surface area contributed by atoms with Gasteiger partial charge in [-0.15, -0.1) is 0 Å². The Balaban J connectivity index is 1.86. The van der Waals surface area contributed by atoms with Crippen molar-refractivity contribution in [1.82, 2.24) is 0 Å². The zero-order valence-electron chi connectivity index (χ0n) is 14.0. The van der Waals surface area contributed by atoms with Crippen LogP contribution in [-0.2, 0) is 17.4 Å². The predicted molar refractivity (Wildman–Crippen MR) is 93.3 cm³/mol. The van der Waals surface area contributed by atoms with Gasteiger partial charge in [-0.25, -0.2) is 0 Å². The van der Waals surface area contributed by atoms with Gasteiger partial charge in [-0.1, -0.05) is 18.2 Å². The Bertz CT molecular complexity index is 800. The molecule has 0 unspecified atom stereocenters. The summed E-state index contributed by atoms with van der Waals surface area (Å²) in [7, 11) is 0. The lowest BCUT2D eigenvalue weighted by Gasteiger charge is -2.23. The number of anilines is 2. The van der Waals surface area contributed by atoms with E-state index < -0.39 is 17.6 Å². The molecule has 3 rings (SSSR count). The van der Waals surface area contributed by atoms with Crippen LogP contribution < -0.4 is 10.2 Å². The lowest BCUT2D eigenvalue weighted by atomic mass is 10.1. The van der Waals surface area contributed by atoms with Crippen LogP contribution in [0.15, 0.2) is 42.5 Å². The van der Waals surface area contributed by atoms with Gasteiger partial charge in [0.05, 0.1) is 23.4 Å². The summed E-state index contributed by atoms with van der Waals surface area (Å²) < 4.78 is 39.2. The highest BCUT2D eigenvalue weighted by Gasteiger charge is 2.32. The molecule has 1 heterocycles. The minimum absolute atomic E-state index is 0.0218. The molecule has 1 fully saturated rings. The minimum atomic E-state index is -4.49. The van der Waals surface area contributed by atoms with Crippen molar-refractivity contribution in [2.45, 2.75) is 25.4 Å². The number of nitrogens with zero attached hydrogens (tertiary/aromatic N) is 1. The van der Waals surface area contributed by atoms with Gasteiger partial charge in [0.15, 0.2) is 0 Å². The van der Waals surface area contributed by atoms with Gasteiger partial charge in [0.1, 0.15) is 5.75 Å². The molecule has 2 N–H and O–H groups in total. The second kappa shape index (κ2) is 7.27. The second-order valence-electron chi connectivity index (χ2n) is 6.28. The maximum Gasteiger partial charge on any atom is 0.416 e. The Morgan fingerprint density at radius 2 is 1.81 bits per heavy atom. The summed E-state index contributed by atoms with van der Waals surface area (Å²) in [6.07, 6.45) is -2.68. The van der Waals surface area contributed by atoms with Gasteiger partial charge in [-0.05, 0) is 37.1 Å². The van der Waals surface area contributed by atoms with Crippen LogP contribution >= 0.6 is 0 Å². The molecule has 0 aromatic heterocycles. The van der Waals surface area contributed by atoms with Crippen molar-refractivity contribution >= 4 is 17.3 Å². The third-order valence-corrected chi connectivity index (χ3v) is 4.39. The molecule has 138 valence electrons. The summed E-state index contributed by atoms with van der Waals surface area (Å²) in [5, 5.41) is 12.4. The van der Waals surface area contributed by atoms with Gasteiger partial charge >= 0.3 is 6.18 Å². The SMILES string of the molecule is O=C(Cc1ccccc1O)Nc1cc(C(F)(F)F)ccc1N1CCCC1. The Labute approximate surface area is 149 Å². The molecule has 0 aliphatic carbocycles.